The van der Waals surface area contributed by atoms with Crippen LogP contribution in [0.5, 0.6) is 0 Å². The predicted molar refractivity (Wildman–Crippen MR) is 108 cm³/mol. The summed E-state index contributed by atoms with van der Waals surface area (Å²) < 4.78 is 38.9. The Bertz CT molecular complexity index is 977. The van der Waals surface area contributed by atoms with Gasteiger partial charge in [-0.3, -0.25) is 0 Å². The highest BCUT2D eigenvalue weighted by molar-refractivity contribution is 5.65. The van der Waals surface area contributed by atoms with E-state index in [-0.39, 0.29) is 18.3 Å². The Kier molecular flexibility index (Phi) is 6.54. The Morgan fingerprint density at radius 1 is 1.25 bits per heavy atom. The molecule has 1 aliphatic rings. The number of alkyl halides is 3. The van der Waals surface area contributed by atoms with Gasteiger partial charge in [-0.15, -0.1) is 0 Å². The number of amides is 1. The topological polar surface area (TPSA) is 116 Å². The lowest BCUT2D eigenvalue weighted by atomic mass is 9.85. The normalized spacial score (nSPS) is 17.2. The van der Waals surface area contributed by atoms with Gasteiger partial charge in [-0.1, -0.05) is 0 Å². The zero-order valence-electron chi connectivity index (χ0n) is 18.0. The molecule has 0 bridgehead atoms. The lowest BCUT2D eigenvalue weighted by Crippen LogP contribution is -2.40. The zero-order chi connectivity index (χ0) is 23.7. The van der Waals surface area contributed by atoms with E-state index in [1.807, 2.05) is 0 Å². The Hall–Kier alpha value is -3.02. The van der Waals surface area contributed by atoms with E-state index in [0.29, 0.717) is 43.0 Å². The van der Waals surface area contributed by atoms with Crippen molar-refractivity contribution in [3.05, 3.63) is 41.4 Å². The molecule has 3 heterocycles. The molecule has 2 N–H and O–H groups in total. The van der Waals surface area contributed by atoms with Crippen LogP contribution in [0.3, 0.4) is 0 Å². The number of rotatable bonds is 5. The second kappa shape index (κ2) is 8.85. The largest absolute Gasteiger partial charge is 0.465 e. The molecule has 12 heteroatoms. The highest BCUT2D eigenvalue weighted by atomic mass is 19.4. The van der Waals surface area contributed by atoms with E-state index in [0.717, 1.165) is 6.20 Å². The number of likely N-dealkylation sites (N-methyl/N-ethyl adjacent to an activating group) is 1. The second-order valence-electron chi connectivity index (χ2n) is 8.13. The molecule has 174 valence electrons. The van der Waals surface area contributed by atoms with E-state index in [9.17, 15) is 28.2 Å². The maximum absolute atomic E-state index is 13.0. The van der Waals surface area contributed by atoms with Crippen LogP contribution in [0, 0.1) is 6.92 Å². The number of hydrogen-bond acceptors (Lipinski definition) is 7. The van der Waals surface area contributed by atoms with Gasteiger partial charge in [-0.2, -0.15) is 13.2 Å². The van der Waals surface area contributed by atoms with Gasteiger partial charge in [0.2, 0.25) is 5.82 Å². The van der Waals surface area contributed by atoms with Gasteiger partial charge in [-0.05, 0) is 32.8 Å². The lowest BCUT2D eigenvalue weighted by Gasteiger charge is -2.35. The molecule has 1 unspecified atom stereocenters. The third-order valence-corrected chi connectivity index (χ3v) is 5.50. The van der Waals surface area contributed by atoms with Gasteiger partial charge < -0.3 is 20.0 Å². The Labute approximate surface area is 183 Å². The van der Waals surface area contributed by atoms with Gasteiger partial charge in [0, 0.05) is 44.0 Å². The molecule has 1 atom stereocenters. The fourth-order valence-electron chi connectivity index (χ4n) is 3.88. The number of aryl methyl sites for hydroxylation is 1. The molecule has 0 saturated carbocycles. The maximum atomic E-state index is 13.0. The standard InChI is InChI=1S/C20H25F3N6O3/c1-12-25-10-14(16(26-12)13-5-8-29(9-6-13)18(30)31)19(2,32)11-28(3)15-4-7-24-17(27-15)20(21,22)23/h4,7,10,13,32H,5-6,8-9,11H2,1-3H3,(H,30,31). The van der Waals surface area contributed by atoms with Crippen LogP contribution < -0.4 is 4.90 Å². The van der Waals surface area contributed by atoms with Crippen molar-refractivity contribution in [1.29, 1.82) is 0 Å². The summed E-state index contributed by atoms with van der Waals surface area (Å²) in [7, 11) is 1.52. The lowest BCUT2D eigenvalue weighted by molar-refractivity contribution is -0.144. The van der Waals surface area contributed by atoms with Gasteiger partial charge in [0.15, 0.2) is 0 Å². The van der Waals surface area contributed by atoms with Gasteiger partial charge >= 0.3 is 12.3 Å². The average molecular weight is 454 g/mol. The number of carbonyl (C=O) groups is 1. The molecule has 0 spiro atoms. The summed E-state index contributed by atoms with van der Waals surface area (Å²) in [5.41, 5.74) is -0.432. The van der Waals surface area contributed by atoms with Crippen molar-refractivity contribution in [1.82, 2.24) is 24.8 Å². The summed E-state index contributed by atoms with van der Waals surface area (Å²) in [5, 5.41) is 20.5. The van der Waals surface area contributed by atoms with Crippen LogP contribution in [0.4, 0.5) is 23.8 Å². The van der Waals surface area contributed by atoms with Crippen LogP contribution >= 0.6 is 0 Å². The number of nitrogens with zero attached hydrogens (tertiary/aromatic N) is 6. The molecule has 0 aromatic carbocycles. The number of carboxylic acid groups (broad SMARTS) is 1. The van der Waals surface area contributed by atoms with Crippen molar-refractivity contribution in [3.63, 3.8) is 0 Å². The summed E-state index contributed by atoms with van der Waals surface area (Å²) in [6.07, 6.45) is -2.02. The molecule has 2 aromatic heterocycles. The number of halogens is 3. The first kappa shape index (κ1) is 23.6. The van der Waals surface area contributed by atoms with Gasteiger partial charge in [0.1, 0.15) is 17.2 Å². The molecule has 1 fully saturated rings. The molecule has 0 radical (unpaired) electrons. The monoisotopic (exact) mass is 454 g/mol. The molecule has 1 amide bonds. The molecule has 3 rings (SSSR count). The molecular weight excluding hydrogens is 429 g/mol. The van der Waals surface area contributed by atoms with Gasteiger partial charge in [-0.25, -0.2) is 24.7 Å². The van der Waals surface area contributed by atoms with E-state index < -0.39 is 23.7 Å². The summed E-state index contributed by atoms with van der Waals surface area (Å²) >= 11 is 0. The first-order valence-corrected chi connectivity index (χ1v) is 10.0. The van der Waals surface area contributed by atoms with Crippen molar-refractivity contribution in [3.8, 4) is 0 Å². The Morgan fingerprint density at radius 3 is 2.50 bits per heavy atom. The molecule has 0 aliphatic carbocycles. The van der Waals surface area contributed by atoms with Crippen molar-refractivity contribution in [2.75, 3.05) is 31.6 Å². The molecular formula is C20H25F3N6O3. The number of hydrogen-bond donors (Lipinski definition) is 2. The third-order valence-electron chi connectivity index (χ3n) is 5.50. The first-order chi connectivity index (χ1) is 14.9. The maximum Gasteiger partial charge on any atom is 0.451 e. The summed E-state index contributed by atoms with van der Waals surface area (Å²) in [4.78, 5) is 29.5. The smallest absolute Gasteiger partial charge is 0.451 e. The van der Waals surface area contributed by atoms with Crippen LogP contribution in [-0.4, -0.2) is 67.8 Å². The quantitative estimate of drug-likeness (QED) is 0.709. The number of likely N-dealkylation sites (tertiary alicyclic amines) is 1. The molecule has 9 nitrogen and oxygen atoms in total. The predicted octanol–water partition coefficient (Wildman–Crippen LogP) is 2.80. The van der Waals surface area contributed by atoms with E-state index >= 15 is 0 Å². The number of aromatic nitrogens is 4. The summed E-state index contributed by atoms with van der Waals surface area (Å²) in [6.45, 7) is 3.89. The zero-order valence-corrected chi connectivity index (χ0v) is 18.0. The number of aliphatic hydroxyl groups is 1. The first-order valence-electron chi connectivity index (χ1n) is 10.0. The summed E-state index contributed by atoms with van der Waals surface area (Å²) in [6, 6.07) is 1.33. The minimum atomic E-state index is -4.68. The van der Waals surface area contributed by atoms with Crippen LogP contribution in [0.2, 0.25) is 0 Å². The highest BCUT2D eigenvalue weighted by Crippen LogP contribution is 2.35. The van der Waals surface area contributed by atoms with Gasteiger partial charge in [0.05, 0.1) is 12.2 Å². The molecule has 1 aliphatic heterocycles. The Morgan fingerprint density at radius 2 is 1.91 bits per heavy atom. The minimum absolute atomic E-state index is 0.0111. The molecule has 2 aromatic rings. The van der Waals surface area contributed by atoms with Crippen LogP contribution in [-0.2, 0) is 11.8 Å². The Balaban J connectivity index is 1.85. The van der Waals surface area contributed by atoms with Crippen molar-refractivity contribution in [2.24, 2.45) is 0 Å². The van der Waals surface area contributed by atoms with Crippen LogP contribution in [0.1, 0.15) is 48.6 Å². The fraction of sp³-hybridized carbons (Fsp3) is 0.550. The van der Waals surface area contributed by atoms with E-state index in [4.69, 9.17) is 0 Å². The molecule has 32 heavy (non-hydrogen) atoms. The fourth-order valence-corrected chi connectivity index (χ4v) is 3.88. The van der Waals surface area contributed by atoms with Crippen molar-refractivity contribution < 1.29 is 28.2 Å². The molecule has 1 saturated heterocycles. The number of anilines is 1. The van der Waals surface area contributed by atoms with E-state index in [1.165, 1.54) is 29.1 Å². The van der Waals surface area contributed by atoms with Gasteiger partial charge in [0.25, 0.3) is 0 Å². The van der Waals surface area contributed by atoms with E-state index in [2.05, 4.69) is 19.9 Å². The highest BCUT2D eigenvalue weighted by Gasteiger charge is 2.36. The van der Waals surface area contributed by atoms with Crippen LogP contribution in [0.15, 0.2) is 18.5 Å². The van der Waals surface area contributed by atoms with E-state index in [1.54, 1.807) is 13.8 Å². The third kappa shape index (κ3) is 5.23. The SMILES string of the molecule is Cc1ncc(C(C)(O)CN(C)c2ccnc(C(F)(F)F)n2)c(C2CCN(C(=O)O)CC2)n1. The van der Waals surface area contributed by atoms with Crippen molar-refractivity contribution in [2.45, 2.75) is 44.4 Å². The van der Waals surface area contributed by atoms with Crippen LogP contribution in [0.25, 0.3) is 0 Å². The summed E-state index contributed by atoms with van der Waals surface area (Å²) in [5.74, 6) is -0.808. The minimum Gasteiger partial charge on any atom is -0.465 e. The number of piperidine rings is 1. The second-order valence-corrected chi connectivity index (χ2v) is 8.13. The van der Waals surface area contributed by atoms with Crippen molar-refractivity contribution >= 4 is 11.9 Å². The average Bonchev–Trinajstić information content (AvgIpc) is 2.72.